The third-order valence-electron chi connectivity index (χ3n) is 13.8. The van der Waals surface area contributed by atoms with Gasteiger partial charge in [-0.05, 0) is 140 Å². The van der Waals surface area contributed by atoms with Crippen molar-refractivity contribution >= 4 is 27.1 Å². The molecule has 0 bridgehead atoms. The molecular weight excluding hydrogens is 783 g/mol. The van der Waals surface area contributed by atoms with Crippen molar-refractivity contribution in [2.24, 2.45) is 0 Å². The molecule has 0 unspecified atom stereocenters. The maximum Gasteiger partial charge on any atom is 0.132 e. The summed E-state index contributed by atoms with van der Waals surface area (Å²) in [6, 6.07) is 76.6. The van der Waals surface area contributed by atoms with E-state index < -0.39 is 15.4 Å². The second-order valence-electron chi connectivity index (χ2n) is 17.9. The zero-order chi connectivity index (χ0) is 42.5. The van der Waals surface area contributed by atoms with E-state index in [-0.39, 0.29) is 0 Å². The SMILES string of the molecule is CC(C)c1ccc(N(c2ccc(-c3ccccc3)cc2)c2ccc3c(c2)S(C)(C)c2cc(-c4ccc5c(c4)C4(c6ccccc6Oc6ccccc64)c4ccccc4-5)ccc2-3)cc1. The molecule has 1 aliphatic carbocycles. The molecule has 3 aliphatic rings. The van der Waals surface area contributed by atoms with Crippen LogP contribution in [0.4, 0.5) is 17.1 Å². The second kappa shape index (κ2) is 14.2. The lowest BCUT2D eigenvalue weighted by molar-refractivity contribution is 0.436. The topological polar surface area (TPSA) is 12.5 Å². The Morgan fingerprint density at radius 2 is 0.873 bits per heavy atom. The lowest BCUT2D eigenvalue weighted by Gasteiger charge is -2.39. The third kappa shape index (κ3) is 5.66. The fourth-order valence-corrected chi connectivity index (χ4v) is 13.2. The molecule has 1 spiro atoms. The lowest BCUT2D eigenvalue weighted by atomic mass is 9.66. The summed E-state index contributed by atoms with van der Waals surface area (Å²) < 4.78 is 6.62. The summed E-state index contributed by atoms with van der Waals surface area (Å²) in [5.74, 6) is 2.30. The lowest BCUT2D eigenvalue weighted by Crippen LogP contribution is -2.32. The molecule has 3 heteroatoms. The van der Waals surface area contributed by atoms with E-state index in [4.69, 9.17) is 4.74 Å². The first-order valence-corrected chi connectivity index (χ1v) is 24.4. The number of para-hydroxylation sites is 2. The molecule has 0 radical (unpaired) electrons. The average Bonchev–Trinajstić information content (AvgIpc) is 3.74. The van der Waals surface area contributed by atoms with Crippen LogP contribution in [0.2, 0.25) is 0 Å². The van der Waals surface area contributed by atoms with Gasteiger partial charge in [-0.1, -0.05) is 159 Å². The molecular formula is C60H47NOS. The van der Waals surface area contributed by atoms with Crippen molar-refractivity contribution in [3.05, 3.63) is 234 Å². The molecule has 12 rings (SSSR count). The highest BCUT2D eigenvalue weighted by atomic mass is 32.3. The average molecular weight is 830 g/mol. The predicted octanol–water partition coefficient (Wildman–Crippen LogP) is 16.5. The number of hydrogen-bond acceptors (Lipinski definition) is 2. The first kappa shape index (κ1) is 37.7. The Hall–Kier alpha value is -7.07. The van der Waals surface area contributed by atoms with Crippen LogP contribution in [0.15, 0.2) is 216 Å². The highest BCUT2D eigenvalue weighted by molar-refractivity contribution is 8.33. The van der Waals surface area contributed by atoms with Gasteiger partial charge in [0.05, 0.1) is 5.41 Å². The van der Waals surface area contributed by atoms with Crippen LogP contribution in [0, 0.1) is 0 Å². The summed E-state index contributed by atoms with van der Waals surface area (Å²) >= 11 is 0. The van der Waals surface area contributed by atoms with Gasteiger partial charge in [0.1, 0.15) is 11.5 Å². The van der Waals surface area contributed by atoms with Crippen molar-refractivity contribution in [3.63, 3.8) is 0 Å². The summed E-state index contributed by atoms with van der Waals surface area (Å²) in [4.78, 5) is 5.29. The van der Waals surface area contributed by atoms with Crippen LogP contribution in [0.5, 0.6) is 11.5 Å². The molecule has 2 aliphatic heterocycles. The van der Waals surface area contributed by atoms with Gasteiger partial charge >= 0.3 is 0 Å². The summed E-state index contributed by atoms with van der Waals surface area (Å²) in [5.41, 5.74) is 19.5. The number of ether oxygens (including phenoxy) is 1. The summed E-state index contributed by atoms with van der Waals surface area (Å²) in [6.45, 7) is 4.52. The van der Waals surface area contributed by atoms with Crippen LogP contribution in [0.25, 0.3) is 44.5 Å². The molecule has 304 valence electrons. The van der Waals surface area contributed by atoms with E-state index in [1.165, 1.54) is 87.8 Å². The maximum atomic E-state index is 6.62. The molecule has 0 aromatic heterocycles. The van der Waals surface area contributed by atoms with E-state index in [2.05, 4.69) is 238 Å². The zero-order valence-corrected chi connectivity index (χ0v) is 36.8. The van der Waals surface area contributed by atoms with Crippen LogP contribution < -0.4 is 9.64 Å². The van der Waals surface area contributed by atoms with E-state index in [0.29, 0.717) is 5.92 Å². The van der Waals surface area contributed by atoms with Crippen molar-refractivity contribution in [3.8, 4) is 56.0 Å². The highest BCUT2D eigenvalue weighted by Crippen LogP contribution is 2.69. The van der Waals surface area contributed by atoms with Crippen LogP contribution in [-0.4, -0.2) is 12.5 Å². The minimum Gasteiger partial charge on any atom is -0.457 e. The minimum atomic E-state index is -1.38. The normalized spacial score (nSPS) is 14.7. The molecule has 2 heterocycles. The number of rotatable bonds is 6. The molecule has 0 atom stereocenters. The Labute approximate surface area is 372 Å². The molecule has 9 aromatic rings. The Balaban J connectivity index is 0.959. The third-order valence-corrected chi connectivity index (χ3v) is 16.7. The van der Waals surface area contributed by atoms with Crippen LogP contribution in [0.1, 0.15) is 47.6 Å². The van der Waals surface area contributed by atoms with Crippen LogP contribution in [-0.2, 0) is 5.41 Å². The molecule has 0 amide bonds. The molecule has 0 fully saturated rings. The first-order valence-electron chi connectivity index (χ1n) is 22.0. The Kier molecular flexibility index (Phi) is 8.51. The van der Waals surface area contributed by atoms with Crippen molar-refractivity contribution < 1.29 is 4.74 Å². The largest absolute Gasteiger partial charge is 0.457 e. The molecule has 9 aromatic carbocycles. The van der Waals surface area contributed by atoms with E-state index >= 15 is 0 Å². The Bertz CT molecular complexity index is 3210. The zero-order valence-electron chi connectivity index (χ0n) is 36.0. The van der Waals surface area contributed by atoms with Crippen LogP contribution in [0.3, 0.4) is 0 Å². The number of nitrogens with zero attached hydrogens (tertiary/aromatic N) is 1. The second-order valence-corrected chi connectivity index (χ2v) is 21.4. The summed E-state index contributed by atoms with van der Waals surface area (Å²) in [6.07, 6.45) is 4.96. The van der Waals surface area contributed by atoms with Crippen molar-refractivity contribution in [1.82, 2.24) is 0 Å². The molecule has 0 saturated carbocycles. The van der Waals surface area contributed by atoms with E-state index in [1.807, 2.05) is 0 Å². The van der Waals surface area contributed by atoms with Gasteiger partial charge in [-0.3, -0.25) is 0 Å². The quantitative estimate of drug-likeness (QED) is 0.166. The van der Waals surface area contributed by atoms with E-state index in [9.17, 15) is 0 Å². The molecule has 63 heavy (non-hydrogen) atoms. The van der Waals surface area contributed by atoms with Gasteiger partial charge in [-0.2, -0.15) is 10.0 Å². The minimum absolute atomic E-state index is 0.468. The van der Waals surface area contributed by atoms with E-state index in [1.54, 1.807) is 0 Å². The Morgan fingerprint density at radius 1 is 0.397 bits per heavy atom. The number of benzene rings is 9. The highest BCUT2D eigenvalue weighted by Gasteiger charge is 2.51. The van der Waals surface area contributed by atoms with Gasteiger partial charge in [0.25, 0.3) is 0 Å². The molecule has 2 nitrogen and oxygen atoms in total. The number of fused-ring (bicyclic) bond motifs is 12. The monoisotopic (exact) mass is 829 g/mol. The van der Waals surface area contributed by atoms with Gasteiger partial charge in [0.15, 0.2) is 0 Å². The van der Waals surface area contributed by atoms with Gasteiger partial charge in [0, 0.05) is 38.0 Å². The van der Waals surface area contributed by atoms with Gasteiger partial charge in [-0.15, -0.1) is 0 Å². The predicted molar refractivity (Wildman–Crippen MR) is 265 cm³/mol. The van der Waals surface area contributed by atoms with Gasteiger partial charge in [-0.25, -0.2) is 0 Å². The standard InChI is InChI=1S/C60H47NOS/c1-39(2)40-22-28-45(29-23-40)61(46-30-24-42(25-31-46)41-14-6-5-7-15-41)47-32-35-51-50-34-27-44(37-58(50)63(3,4)59(51)38-47)43-26-33-49-48-16-8-9-17-52(48)60(55(49)36-43)53-18-10-12-20-56(53)62-57-21-13-11-19-54(57)60/h5-39H,1-4H3. The van der Waals surface area contributed by atoms with E-state index in [0.717, 1.165) is 22.9 Å². The molecule has 0 N–H and O–H groups in total. The van der Waals surface area contributed by atoms with Crippen molar-refractivity contribution in [2.45, 2.75) is 35.0 Å². The van der Waals surface area contributed by atoms with Crippen molar-refractivity contribution in [1.29, 1.82) is 0 Å². The number of anilines is 3. The van der Waals surface area contributed by atoms with Gasteiger partial charge in [0.2, 0.25) is 0 Å². The number of hydrogen-bond donors (Lipinski definition) is 0. The summed E-state index contributed by atoms with van der Waals surface area (Å²) in [7, 11) is -1.38. The van der Waals surface area contributed by atoms with Crippen LogP contribution >= 0.6 is 10.0 Å². The van der Waals surface area contributed by atoms with Gasteiger partial charge < -0.3 is 9.64 Å². The van der Waals surface area contributed by atoms with Crippen molar-refractivity contribution in [2.75, 3.05) is 17.4 Å². The fraction of sp³-hybridized carbons (Fsp3) is 0.100. The smallest absolute Gasteiger partial charge is 0.132 e. The summed E-state index contributed by atoms with van der Waals surface area (Å²) in [5, 5.41) is 0. The first-order chi connectivity index (χ1) is 30.8. The molecule has 0 saturated heterocycles. The Morgan fingerprint density at radius 3 is 1.54 bits per heavy atom. The fourth-order valence-electron chi connectivity index (χ4n) is 10.7. The maximum absolute atomic E-state index is 6.62.